The lowest BCUT2D eigenvalue weighted by Gasteiger charge is -2.29. The number of nitrogens with zero attached hydrogens (tertiary/aromatic N) is 3. The van der Waals surface area contributed by atoms with Gasteiger partial charge >= 0.3 is 0 Å². The van der Waals surface area contributed by atoms with Crippen LogP contribution >= 0.6 is 12.2 Å². The van der Waals surface area contributed by atoms with E-state index >= 15 is 0 Å². The Labute approximate surface area is 143 Å². The second-order valence-electron chi connectivity index (χ2n) is 6.25. The van der Waals surface area contributed by atoms with Crippen molar-refractivity contribution in [1.82, 2.24) is 19.8 Å². The molecule has 0 aromatic carbocycles. The minimum atomic E-state index is 0.0858. The molecule has 2 aromatic rings. The fraction of sp³-hybridized carbons (Fsp3) is 0.444. The minimum absolute atomic E-state index is 0.0858. The fourth-order valence-electron chi connectivity index (χ4n) is 3.34. The van der Waals surface area contributed by atoms with Crippen molar-refractivity contribution in [2.75, 3.05) is 6.54 Å². The molecule has 23 heavy (non-hydrogen) atoms. The molecular formula is C18H24N4S. The summed E-state index contributed by atoms with van der Waals surface area (Å²) in [7, 11) is 0. The second-order valence-corrected chi connectivity index (χ2v) is 6.64. The summed E-state index contributed by atoms with van der Waals surface area (Å²) in [4.78, 5) is 6.87. The highest BCUT2D eigenvalue weighted by Crippen LogP contribution is 2.39. The molecule has 4 nitrogen and oxygen atoms in total. The van der Waals surface area contributed by atoms with E-state index in [1.54, 1.807) is 0 Å². The predicted molar refractivity (Wildman–Crippen MR) is 97.3 cm³/mol. The van der Waals surface area contributed by atoms with E-state index < -0.39 is 0 Å². The molecule has 0 aliphatic carbocycles. The maximum atomic E-state index is 5.62. The molecule has 0 amide bonds. The van der Waals surface area contributed by atoms with Crippen molar-refractivity contribution in [1.29, 1.82) is 0 Å². The SMILES string of the molecule is CCCN1C(=S)N[C@H](c2ccccn2)[C@@H]1c1cccn1C(C)C. The molecule has 3 heterocycles. The van der Waals surface area contributed by atoms with Crippen LogP contribution in [0.25, 0.3) is 0 Å². The first-order chi connectivity index (χ1) is 11.1. The molecule has 2 atom stereocenters. The van der Waals surface area contributed by atoms with Crippen molar-refractivity contribution in [3.05, 3.63) is 54.1 Å². The van der Waals surface area contributed by atoms with E-state index in [0.29, 0.717) is 6.04 Å². The number of hydrogen-bond acceptors (Lipinski definition) is 2. The molecule has 0 bridgehead atoms. The van der Waals surface area contributed by atoms with Crippen LogP contribution in [0, 0.1) is 0 Å². The first-order valence-electron chi connectivity index (χ1n) is 8.28. The van der Waals surface area contributed by atoms with E-state index in [1.807, 2.05) is 18.3 Å². The lowest BCUT2D eigenvalue weighted by atomic mass is 10.0. The molecule has 1 fully saturated rings. The van der Waals surface area contributed by atoms with Crippen molar-refractivity contribution < 1.29 is 0 Å². The maximum absolute atomic E-state index is 5.62. The van der Waals surface area contributed by atoms with Gasteiger partial charge < -0.3 is 14.8 Å². The van der Waals surface area contributed by atoms with E-state index in [4.69, 9.17) is 12.2 Å². The van der Waals surface area contributed by atoms with Gasteiger partial charge in [-0.15, -0.1) is 0 Å². The molecule has 0 unspecified atom stereocenters. The van der Waals surface area contributed by atoms with E-state index in [2.05, 4.69) is 64.9 Å². The Bertz CT molecular complexity index is 665. The van der Waals surface area contributed by atoms with E-state index in [1.165, 1.54) is 5.69 Å². The number of aromatic nitrogens is 2. The van der Waals surface area contributed by atoms with Gasteiger partial charge in [-0.1, -0.05) is 13.0 Å². The maximum Gasteiger partial charge on any atom is 0.170 e. The zero-order valence-electron chi connectivity index (χ0n) is 13.9. The van der Waals surface area contributed by atoms with Crippen molar-refractivity contribution in [2.24, 2.45) is 0 Å². The van der Waals surface area contributed by atoms with Crippen LogP contribution in [-0.2, 0) is 0 Å². The smallest absolute Gasteiger partial charge is 0.170 e. The van der Waals surface area contributed by atoms with Gasteiger partial charge in [-0.25, -0.2) is 0 Å². The van der Waals surface area contributed by atoms with Crippen LogP contribution in [0.3, 0.4) is 0 Å². The summed E-state index contributed by atoms with van der Waals surface area (Å²) in [6, 6.07) is 11.1. The average molecular weight is 328 g/mol. The Morgan fingerprint density at radius 3 is 2.74 bits per heavy atom. The second kappa shape index (κ2) is 6.71. The Balaban J connectivity index is 2.05. The molecule has 1 aliphatic rings. The quantitative estimate of drug-likeness (QED) is 0.845. The van der Waals surface area contributed by atoms with Crippen molar-refractivity contribution in [3.8, 4) is 0 Å². The normalized spacial score (nSPS) is 21.0. The van der Waals surface area contributed by atoms with Crippen molar-refractivity contribution in [2.45, 2.75) is 45.3 Å². The minimum Gasteiger partial charge on any atom is -0.352 e. The van der Waals surface area contributed by atoms with E-state index in [0.717, 1.165) is 23.8 Å². The Kier molecular flexibility index (Phi) is 4.66. The highest BCUT2D eigenvalue weighted by atomic mass is 32.1. The van der Waals surface area contributed by atoms with Crippen LogP contribution in [-0.4, -0.2) is 26.1 Å². The van der Waals surface area contributed by atoms with Crippen LogP contribution in [0.2, 0.25) is 0 Å². The molecule has 1 saturated heterocycles. The monoisotopic (exact) mass is 328 g/mol. The predicted octanol–water partition coefficient (Wildman–Crippen LogP) is 3.85. The zero-order valence-corrected chi connectivity index (χ0v) is 14.8. The van der Waals surface area contributed by atoms with Gasteiger partial charge in [-0.2, -0.15) is 0 Å². The largest absolute Gasteiger partial charge is 0.352 e. The number of nitrogens with one attached hydrogen (secondary N) is 1. The zero-order chi connectivity index (χ0) is 16.4. The molecule has 0 saturated carbocycles. The third-order valence-electron chi connectivity index (χ3n) is 4.33. The van der Waals surface area contributed by atoms with Gasteiger partial charge in [0.05, 0.1) is 17.8 Å². The van der Waals surface area contributed by atoms with Crippen molar-refractivity contribution >= 4 is 17.3 Å². The summed E-state index contributed by atoms with van der Waals surface area (Å²) >= 11 is 5.62. The summed E-state index contributed by atoms with van der Waals surface area (Å²) in [5, 5.41) is 4.31. The summed E-state index contributed by atoms with van der Waals surface area (Å²) in [5.74, 6) is 0. The van der Waals surface area contributed by atoms with Gasteiger partial charge in [0.1, 0.15) is 0 Å². The van der Waals surface area contributed by atoms with Crippen LogP contribution in [0.4, 0.5) is 0 Å². The topological polar surface area (TPSA) is 33.1 Å². The van der Waals surface area contributed by atoms with E-state index in [-0.39, 0.29) is 12.1 Å². The van der Waals surface area contributed by atoms with Crippen LogP contribution in [0.5, 0.6) is 0 Å². The van der Waals surface area contributed by atoms with Gasteiger partial charge in [-0.3, -0.25) is 4.98 Å². The Morgan fingerprint density at radius 2 is 2.09 bits per heavy atom. The van der Waals surface area contributed by atoms with Crippen LogP contribution in [0.15, 0.2) is 42.7 Å². The molecule has 5 heteroatoms. The lowest BCUT2D eigenvalue weighted by molar-refractivity contribution is 0.299. The first kappa shape index (κ1) is 16.0. The summed E-state index contributed by atoms with van der Waals surface area (Å²) < 4.78 is 2.33. The molecule has 3 rings (SSSR count). The fourth-order valence-corrected chi connectivity index (χ4v) is 3.67. The van der Waals surface area contributed by atoms with E-state index in [9.17, 15) is 0 Å². The lowest BCUT2D eigenvalue weighted by Crippen LogP contribution is -2.31. The highest BCUT2D eigenvalue weighted by Gasteiger charge is 2.40. The molecule has 2 aromatic heterocycles. The summed E-state index contributed by atoms with van der Waals surface area (Å²) in [6.45, 7) is 7.56. The number of thiocarbonyl (C=S) groups is 1. The number of rotatable bonds is 5. The standard InChI is InChI=1S/C18H24N4S/c1-4-11-22-17(15-9-7-12-21(15)13(2)3)16(20-18(22)23)14-8-5-6-10-19-14/h5-10,12-13,16-17H,4,11H2,1-3H3,(H,20,23)/t16-,17+/m1/s1. The van der Waals surface area contributed by atoms with Crippen molar-refractivity contribution in [3.63, 3.8) is 0 Å². The number of hydrogen-bond donors (Lipinski definition) is 1. The number of pyridine rings is 1. The van der Waals surface area contributed by atoms with Crippen LogP contribution in [0.1, 0.15) is 56.7 Å². The molecule has 1 aliphatic heterocycles. The Hall–Kier alpha value is -1.88. The Morgan fingerprint density at radius 1 is 1.26 bits per heavy atom. The van der Waals surface area contributed by atoms with Gasteiger partial charge in [-0.05, 0) is 56.8 Å². The van der Waals surface area contributed by atoms with Crippen LogP contribution < -0.4 is 5.32 Å². The third-order valence-corrected chi connectivity index (χ3v) is 4.69. The highest BCUT2D eigenvalue weighted by molar-refractivity contribution is 7.80. The van der Waals surface area contributed by atoms with Gasteiger partial charge in [0.2, 0.25) is 0 Å². The van der Waals surface area contributed by atoms with Gasteiger partial charge in [0, 0.05) is 30.7 Å². The third kappa shape index (κ3) is 2.98. The molecule has 122 valence electrons. The summed E-state index contributed by atoms with van der Waals surface area (Å²) in [6.07, 6.45) is 5.07. The molecular weight excluding hydrogens is 304 g/mol. The average Bonchev–Trinajstić information content (AvgIpc) is 3.14. The van der Waals surface area contributed by atoms with Gasteiger partial charge in [0.15, 0.2) is 5.11 Å². The first-order valence-corrected chi connectivity index (χ1v) is 8.69. The van der Waals surface area contributed by atoms with Gasteiger partial charge in [0.25, 0.3) is 0 Å². The summed E-state index contributed by atoms with van der Waals surface area (Å²) in [5.41, 5.74) is 2.33. The molecule has 0 radical (unpaired) electrons. The molecule has 0 spiro atoms. The molecule has 1 N–H and O–H groups in total.